The number of thiophene rings is 1. The standard InChI is InChI=1S/C12H21BrN2S/c1-10(14)4-3-8-15(2)9-7-11-5-6-12(13)16-11/h5-6,10H,3-4,7-9,14H2,1-2H3. The number of nitrogens with two attached hydrogens (primary N) is 1. The first-order chi connectivity index (χ1) is 7.58. The van der Waals surface area contributed by atoms with E-state index in [1.807, 2.05) is 11.3 Å². The van der Waals surface area contributed by atoms with Gasteiger partial charge in [-0.3, -0.25) is 0 Å². The Morgan fingerprint density at radius 1 is 1.44 bits per heavy atom. The van der Waals surface area contributed by atoms with Gasteiger partial charge in [-0.25, -0.2) is 0 Å². The molecule has 1 aromatic rings. The summed E-state index contributed by atoms with van der Waals surface area (Å²) in [5, 5.41) is 0. The summed E-state index contributed by atoms with van der Waals surface area (Å²) in [7, 11) is 2.18. The van der Waals surface area contributed by atoms with Crippen molar-refractivity contribution in [1.29, 1.82) is 0 Å². The third-order valence-corrected chi connectivity index (χ3v) is 4.25. The summed E-state index contributed by atoms with van der Waals surface area (Å²) in [6, 6.07) is 4.65. The minimum Gasteiger partial charge on any atom is -0.328 e. The Balaban J connectivity index is 2.12. The first-order valence-electron chi connectivity index (χ1n) is 5.76. The van der Waals surface area contributed by atoms with E-state index >= 15 is 0 Å². The zero-order valence-corrected chi connectivity index (χ0v) is 12.5. The molecule has 2 nitrogen and oxygen atoms in total. The maximum absolute atomic E-state index is 5.72. The average Bonchev–Trinajstić information content (AvgIpc) is 2.61. The second-order valence-electron chi connectivity index (χ2n) is 4.38. The van der Waals surface area contributed by atoms with Crippen LogP contribution in [0.4, 0.5) is 0 Å². The molecule has 0 bridgehead atoms. The van der Waals surface area contributed by atoms with Crippen LogP contribution in [0.25, 0.3) is 0 Å². The van der Waals surface area contributed by atoms with E-state index in [4.69, 9.17) is 5.73 Å². The van der Waals surface area contributed by atoms with Gasteiger partial charge in [0.2, 0.25) is 0 Å². The molecule has 1 rings (SSSR count). The highest BCUT2D eigenvalue weighted by molar-refractivity contribution is 9.11. The molecule has 0 aliphatic rings. The first kappa shape index (κ1) is 14.2. The minimum atomic E-state index is 0.335. The summed E-state index contributed by atoms with van der Waals surface area (Å²) in [4.78, 5) is 3.83. The van der Waals surface area contributed by atoms with E-state index in [0.717, 1.165) is 25.9 Å². The van der Waals surface area contributed by atoms with Gasteiger partial charge < -0.3 is 10.6 Å². The van der Waals surface area contributed by atoms with Gasteiger partial charge in [0, 0.05) is 17.5 Å². The molecule has 1 unspecified atom stereocenters. The first-order valence-corrected chi connectivity index (χ1v) is 7.37. The normalized spacial score (nSPS) is 13.3. The van der Waals surface area contributed by atoms with Gasteiger partial charge in [0.25, 0.3) is 0 Å². The molecule has 0 saturated heterocycles. The molecular weight excluding hydrogens is 284 g/mol. The number of halogens is 1. The fourth-order valence-corrected chi connectivity index (χ4v) is 3.05. The molecule has 4 heteroatoms. The number of hydrogen-bond acceptors (Lipinski definition) is 3. The van der Waals surface area contributed by atoms with Gasteiger partial charge in [0.1, 0.15) is 0 Å². The van der Waals surface area contributed by atoms with Crippen LogP contribution in [-0.2, 0) is 6.42 Å². The second-order valence-corrected chi connectivity index (χ2v) is 6.93. The van der Waals surface area contributed by atoms with Crippen molar-refractivity contribution in [1.82, 2.24) is 4.90 Å². The number of hydrogen-bond donors (Lipinski definition) is 1. The molecule has 1 heterocycles. The third-order valence-electron chi connectivity index (χ3n) is 2.57. The molecule has 92 valence electrons. The topological polar surface area (TPSA) is 29.3 Å². The van der Waals surface area contributed by atoms with Crippen LogP contribution in [-0.4, -0.2) is 31.1 Å². The number of likely N-dealkylation sites (N-methyl/N-ethyl adjacent to an activating group) is 1. The molecular formula is C12H21BrN2S. The molecule has 1 atom stereocenters. The van der Waals surface area contributed by atoms with Crippen LogP contribution in [0.5, 0.6) is 0 Å². The van der Waals surface area contributed by atoms with E-state index in [2.05, 4.69) is 46.9 Å². The zero-order chi connectivity index (χ0) is 12.0. The Morgan fingerprint density at radius 2 is 2.19 bits per heavy atom. The lowest BCUT2D eigenvalue weighted by molar-refractivity contribution is 0.327. The van der Waals surface area contributed by atoms with E-state index in [1.54, 1.807) is 0 Å². The van der Waals surface area contributed by atoms with Crippen molar-refractivity contribution in [2.75, 3.05) is 20.1 Å². The highest BCUT2D eigenvalue weighted by Gasteiger charge is 2.02. The SMILES string of the molecule is CC(N)CCCN(C)CCc1ccc(Br)s1. The quantitative estimate of drug-likeness (QED) is 0.838. The van der Waals surface area contributed by atoms with E-state index in [0.29, 0.717) is 6.04 Å². The molecule has 0 aliphatic carbocycles. The maximum Gasteiger partial charge on any atom is 0.0701 e. The van der Waals surface area contributed by atoms with E-state index in [-0.39, 0.29) is 0 Å². The van der Waals surface area contributed by atoms with Crippen molar-refractivity contribution >= 4 is 27.3 Å². The van der Waals surface area contributed by atoms with Crippen molar-refractivity contribution in [3.05, 3.63) is 20.8 Å². The Morgan fingerprint density at radius 3 is 2.75 bits per heavy atom. The molecule has 16 heavy (non-hydrogen) atoms. The van der Waals surface area contributed by atoms with Crippen molar-refractivity contribution in [3.63, 3.8) is 0 Å². The van der Waals surface area contributed by atoms with Gasteiger partial charge in [0.15, 0.2) is 0 Å². The van der Waals surface area contributed by atoms with E-state index < -0.39 is 0 Å². The predicted octanol–water partition coefficient (Wildman–Crippen LogP) is 3.11. The fraction of sp³-hybridized carbons (Fsp3) is 0.667. The van der Waals surface area contributed by atoms with Crippen LogP contribution < -0.4 is 5.73 Å². The predicted molar refractivity (Wildman–Crippen MR) is 76.1 cm³/mol. The largest absolute Gasteiger partial charge is 0.328 e. The lowest BCUT2D eigenvalue weighted by Gasteiger charge is -2.16. The van der Waals surface area contributed by atoms with E-state index in [1.165, 1.54) is 15.1 Å². The van der Waals surface area contributed by atoms with Gasteiger partial charge in [-0.15, -0.1) is 11.3 Å². The molecule has 0 saturated carbocycles. The summed E-state index contributed by atoms with van der Waals surface area (Å²) >= 11 is 5.32. The summed E-state index contributed by atoms with van der Waals surface area (Å²) < 4.78 is 1.22. The van der Waals surface area contributed by atoms with Crippen molar-refractivity contribution in [2.24, 2.45) is 5.73 Å². The Bertz CT molecular complexity index is 299. The van der Waals surface area contributed by atoms with Crippen LogP contribution in [0.3, 0.4) is 0 Å². The number of nitrogens with zero attached hydrogens (tertiary/aromatic N) is 1. The highest BCUT2D eigenvalue weighted by Crippen LogP contribution is 2.22. The van der Waals surface area contributed by atoms with Crippen LogP contribution in [0.2, 0.25) is 0 Å². The van der Waals surface area contributed by atoms with Gasteiger partial charge in [-0.1, -0.05) is 0 Å². The lowest BCUT2D eigenvalue weighted by atomic mass is 10.2. The zero-order valence-electron chi connectivity index (χ0n) is 10.1. The van der Waals surface area contributed by atoms with Gasteiger partial charge in [-0.2, -0.15) is 0 Å². The Hall–Kier alpha value is 0.1000. The molecule has 0 fully saturated rings. The molecule has 0 radical (unpaired) electrons. The summed E-state index contributed by atoms with van der Waals surface area (Å²) in [6.45, 7) is 4.35. The molecule has 0 amide bonds. The van der Waals surface area contributed by atoms with Crippen LogP contribution in [0, 0.1) is 0 Å². The van der Waals surface area contributed by atoms with Gasteiger partial charge >= 0.3 is 0 Å². The number of rotatable bonds is 7. The van der Waals surface area contributed by atoms with Crippen LogP contribution in [0.1, 0.15) is 24.6 Å². The van der Waals surface area contributed by atoms with Crippen molar-refractivity contribution in [2.45, 2.75) is 32.2 Å². The monoisotopic (exact) mass is 304 g/mol. The Labute approximate surface area is 111 Å². The molecule has 0 spiro atoms. The van der Waals surface area contributed by atoms with Crippen molar-refractivity contribution < 1.29 is 0 Å². The second kappa shape index (κ2) is 7.43. The van der Waals surface area contributed by atoms with E-state index in [9.17, 15) is 0 Å². The van der Waals surface area contributed by atoms with Crippen molar-refractivity contribution in [3.8, 4) is 0 Å². The maximum atomic E-state index is 5.72. The average molecular weight is 305 g/mol. The minimum absolute atomic E-state index is 0.335. The summed E-state index contributed by atoms with van der Waals surface area (Å²) in [5.41, 5.74) is 5.72. The lowest BCUT2D eigenvalue weighted by Crippen LogP contribution is -2.24. The fourth-order valence-electron chi connectivity index (χ4n) is 1.58. The highest BCUT2D eigenvalue weighted by atomic mass is 79.9. The Kier molecular flexibility index (Phi) is 6.58. The van der Waals surface area contributed by atoms with Crippen LogP contribution >= 0.6 is 27.3 Å². The molecule has 2 N–H and O–H groups in total. The molecule has 0 aromatic carbocycles. The molecule has 1 aromatic heterocycles. The summed E-state index contributed by atoms with van der Waals surface area (Å²) in [5.74, 6) is 0. The third kappa shape index (κ3) is 5.99. The smallest absolute Gasteiger partial charge is 0.0701 e. The molecule has 0 aliphatic heterocycles. The summed E-state index contributed by atoms with van der Waals surface area (Å²) in [6.07, 6.45) is 3.46. The van der Waals surface area contributed by atoms with Crippen LogP contribution in [0.15, 0.2) is 15.9 Å². The van der Waals surface area contributed by atoms with Gasteiger partial charge in [-0.05, 0) is 67.8 Å². The van der Waals surface area contributed by atoms with Gasteiger partial charge in [0.05, 0.1) is 3.79 Å².